The summed E-state index contributed by atoms with van der Waals surface area (Å²) in [6, 6.07) is 0. The number of carbonyl (C=O) groups is 1. The van der Waals surface area contributed by atoms with Gasteiger partial charge in [0, 0.05) is 30.8 Å². The van der Waals surface area contributed by atoms with Crippen molar-refractivity contribution in [2.45, 2.75) is 228 Å². The molecule has 0 bridgehead atoms. The van der Waals surface area contributed by atoms with Crippen LogP contribution in [0.3, 0.4) is 0 Å². The van der Waals surface area contributed by atoms with Crippen LogP contribution in [0, 0.1) is 34.5 Å². The molecule has 0 spiro atoms. The molecule has 18 nitrogen and oxygen atoms in total. The fraction of sp³-hybridized carbons (Fsp3) is 0.936. The van der Waals surface area contributed by atoms with Gasteiger partial charge in [0.1, 0.15) is 49.3 Å². The van der Waals surface area contributed by atoms with Crippen LogP contribution >= 0.6 is 0 Å². The fourth-order valence-corrected chi connectivity index (χ4v) is 14.3. The maximum Gasteiger partial charge on any atom is 0.331 e. The summed E-state index contributed by atoms with van der Waals surface area (Å²) < 4.78 is 54.1. The van der Waals surface area contributed by atoms with Gasteiger partial charge in [-0.15, -0.1) is 0 Å². The van der Waals surface area contributed by atoms with Gasteiger partial charge in [0.25, 0.3) is 0 Å². The van der Waals surface area contributed by atoms with E-state index in [4.69, 9.17) is 42.6 Å². The van der Waals surface area contributed by atoms with Crippen LogP contribution in [0.5, 0.6) is 0 Å². The number of rotatable bonds is 10. The van der Waals surface area contributed by atoms with Crippen molar-refractivity contribution in [3.63, 3.8) is 0 Å². The second-order valence-corrected chi connectivity index (χ2v) is 21.5. The Morgan fingerprint density at radius 1 is 0.646 bits per heavy atom. The van der Waals surface area contributed by atoms with Crippen molar-refractivity contribution in [1.82, 2.24) is 0 Å². The van der Waals surface area contributed by atoms with Gasteiger partial charge in [-0.3, -0.25) is 0 Å². The lowest BCUT2D eigenvalue weighted by Crippen LogP contribution is -2.62. The zero-order chi connectivity index (χ0) is 46.3. The Morgan fingerprint density at radius 3 is 1.78 bits per heavy atom. The minimum Gasteiger partial charge on any atom is -0.458 e. The van der Waals surface area contributed by atoms with Crippen molar-refractivity contribution in [3.05, 3.63) is 11.6 Å². The molecule has 8 fully saturated rings. The van der Waals surface area contributed by atoms with Gasteiger partial charge in [-0.05, 0) is 113 Å². The predicted molar refractivity (Wildman–Crippen MR) is 224 cm³/mol. The van der Waals surface area contributed by atoms with Crippen LogP contribution < -0.4 is 0 Å². The molecule has 8 N–H and O–H groups in total. The van der Waals surface area contributed by atoms with Gasteiger partial charge >= 0.3 is 5.97 Å². The average molecular weight is 927 g/mol. The lowest BCUT2D eigenvalue weighted by molar-refractivity contribution is -0.355. The first-order valence-corrected chi connectivity index (χ1v) is 24.4. The average Bonchev–Trinajstić information content (AvgIpc) is 3.80. The van der Waals surface area contributed by atoms with E-state index in [1.807, 2.05) is 6.92 Å². The zero-order valence-corrected chi connectivity index (χ0v) is 38.3. The summed E-state index contributed by atoms with van der Waals surface area (Å²) in [7, 11) is 0. The molecule has 5 aliphatic heterocycles. The molecule has 4 aliphatic carbocycles. The van der Waals surface area contributed by atoms with Crippen molar-refractivity contribution >= 4 is 5.97 Å². The lowest BCUT2D eigenvalue weighted by Gasteiger charge is -2.64. The third kappa shape index (κ3) is 8.79. The number of cyclic esters (lactones) is 1. The largest absolute Gasteiger partial charge is 0.458 e. The highest BCUT2D eigenvalue weighted by molar-refractivity contribution is 5.85. The van der Waals surface area contributed by atoms with E-state index >= 15 is 0 Å². The summed E-state index contributed by atoms with van der Waals surface area (Å²) in [4.78, 5) is 12.0. The molecule has 0 aromatic carbocycles. The summed E-state index contributed by atoms with van der Waals surface area (Å²) in [5, 5.41) is 86.5. The summed E-state index contributed by atoms with van der Waals surface area (Å²) in [6.07, 6.45) is -7.33. The van der Waals surface area contributed by atoms with Crippen LogP contribution in [0.2, 0.25) is 0 Å². The zero-order valence-electron chi connectivity index (χ0n) is 38.3. The maximum atomic E-state index is 12.6. The van der Waals surface area contributed by atoms with Gasteiger partial charge in [-0.1, -0.05) is 13.8 Å². The topological polar surface area (TPSA) is 262 Å². The maximum absolute atomic E-state index is 12.6. The van der Waals surface area contributed by atoms with E-state index in [0.29, 0.717) is 18.4 Å². The van der Waals surface area contributed by atoms with Crippen molar-refractivity contribution < 1.29 is 88.3 Å². The highest BCUT2D eigenvalue weighted by atomic mass is 16.8. The Balaban J connectivity index is 0.730. The van der Waals surface area contributed by atoms with Crippen LogP contribution in [0.1, 0.15) is 112 Å². The number of ether oxygens (including phenoxy) is 9. The first kappa shape index (κ1) is 48.6. The first-order chi connectivity index (χ1) is 30.8. The Labute approximate surface area is 380 Å². The third-order valence-corrected chi connectivity index (χ3v) is 18.0. The summed E-state index contributed by atoms with van der Waals surface area (Å²) >= 11 is 0. The molecule has 65 heavy (non-hydrogen) atoms. The monoisotopic (exact) mass is 926 g/mol. The van der Waals surface area contributed by atoms with Crippen LogP contribution in [0.15, 0.2) is 11.6 Å². The van der Waals surface area contributed by atoms with Gasteiger partial charge < -0.3 is 83.5 Å². The van der Waals surface area contributed by atoms with E-state index in [1.165, 1.54) is 0 Å². The number of esters is 1. The van der Waals surface area contributed by atoms with E-state index in [2.05, 4.69) is 13.8 Å². The normalized spacial score (nSPS) is 54.8. The van der Waals surface area contributed by atoms with Crippen molar-refractivity contribution in [1.29, 1.82) is 0 Å². The van der Waals surface area contributed by atoms with Crippen molar-refractivity contribution in [2.24, 2.45) is 34.5 Å². The van der Waals surface area contributed by atoms with Crippen LogP contribution in [-0.4, -0.2) is 176 Å². The molecule has 9 aliphatic rings. The van der Waals surface area contributed by atoms with E-state index in [0.717, 1.165) is 63.4 Å². The molecule has 25 atom stereocenters. The molecule has 0 unspecified atom stereocenters. The molecule has 0 amide bonds. The fourth-order valence-electron chi connectivity index (χ4n) is 14.3. The van der Waals surface area contributed by atoms with E-state index < -0.39 is 117 Å². The van der Waals surface area contributed by atoms with Gasteiger partial charge in [-0.25, -0.2) is 4.79 Å². The standard InChI is InChI=1S/C47H74O18/c1-21-41(63-36-17-31(50)42(22(2)59-36)64-37-18-32(51)43(23(3)60-37)65-44-40(55)39(54)38(53)33(19-48)62-44)30(49)16-35(58-21)61-26-8-11-45(4)25(15-26)6-7-29-28(45)9-12-46(5)27(10-13-47(29,46)56)24-14-34(52)57-20-24/h14,21-23,25-33,35-44,48-51,53-56H,6-13,15-20H2,1-5H3/t21-,22-,23-,25-,26+,27+,28+,29-,30+,31+,32+,33-,35-,36-,37-,38+,39-,40-,41+,42+,43+,44-,45+,46-,47+/m1/s1. The van der Waals surface area contributed by atoms with Crippen molar-refractivity contribution in [3.8, 4) is 0 Å². The number of carbonyl (C=O) groups excluding carboxylic acids is 1. The van der Waals surface area contributed by atoms with Crippen molar-refractivity contribution in [2.75, 3.05) is 13.2 Å². The first-order valence-electron chi connectivity index (χ1n) is 24.4. The highest BCUT2D eigenvalue weighted by Crippen LogP contribution is 2.70. The number of aliphatic hydroxyl groups excluding tert-OH is 7. The molecule has 0 aromatic heterocycles. The van der Waals surface area contributed by atoms with E-state index in [9.17, 15) is 45.6 Å². The number of aliphatic hydroxyl groups is 8. The third-order valence-electron chi connectivity index (χ3n) is 18.0. The summed E-state index contributed by atoms with van der Waals surface area (Å²) in [5.41, 5.74) is 0.118. The molecule has 0 radical (unpaired) electrons. The van der Waals surface area contributed by atoms with E-state index in [-0.39, 0.29) is 54.0 Å². The summed E-state index contributed by atoms with van der Waals surface area (Å²) in [6.45, 7) is 9.61. The molecule has 5 heterocycles. The second-order valence-electron chi connectivity index (χ2n) is 21.5. The molecule has 9 rings (SSSR count). The van der Waals surface area contributed by atoms with Gasteiger partial charge in [-0.2, -0.15) is 0 Å². The Bertz CT molecular complexity index is 1680. The lowest BCUT2D eigenvalue weighted by atomic mass is 9.43. The molecular weight excluding hydrogens is 852 g/mol. The number of hydrogen-bond acceptors (Lipinski definition) is 18. The molecule has 4 saturated heterocycles. The Morgan fingerprint density at radius 2 is 1.23 bits per heavy atom. The molecule has 370 valence electrons. The predicted octanol–water partition coefficient (Wildman–Crippen LogP) is 1.07. The number of fused-ring (bicyclic) bond motifs is 5. The van der Waals surface area contributed by atoms with E-state index in [1.54, 1.807) is 19.9 Å². The molecule has 4 saturated carbocycles. The minimum absolute atomic E-state index is 0.0150. The SMILES string of the molecule is C[C@H]1O[C@H](O[C@H]2CC[C@@]3(C)[C@H](CC[C@@H]4[C@@H]3CC[C@]3(C)[C@H](C5=CC(=O)OC5)CC[C@]43O)C2)C[C@H](O)[C@H]1O[C@@H]1C[C@H](O)[C@@H](O[C@@H]2C[C@H](O)[C@@H](O[C@H]3O[C@H](CO)[C@H](O)[C@@H](O)[C@H]3O)[C@@H](C)O2)[C@@H](C)O1. The van der Waals surface area contributed by atoms with Crippen LogP contribution in [-0.2, 0) is 47.4 Å². The quantitative estimate of drug-likeness (QED) is 0.113. The Hall–Kier alpha value is -1.43. The van der Waals surface area contributed by atoms with Crippen LogP contribution in [0.25, 0.3) is 0 Å². The second kappa shape index (κ2) is 18.7. The van der Waals surface area contributed by atoms with Gasteiger partial charge in [0.05, 0.1) is 54.9 Å². The number of hydrogen-bond donors (Lipinski definition) is 8. The molecule has 0 aromatic rings. The van der Waals surface area contributed by atoms with Crippen LogP contribution in [0.4, 0.5) is 0 Å². The molecule has 18 heteroatoms. The van der Waals surface area contributed by atoms with Gasteiger partial charge in [0.15, 0.2) is 25.2 Å². The minimum atomic E-state index is -1.64. The summed E-state index contributed by atoms with van der Waals surface area (Å²) in [5.74, 6) is 1.01. The smallest absolute Gasteiger partial charge is 0.331 e. The van der Waals surface area contributed by atoms with Gasteiger partial charge in [0.2, 0.25) is 0 Å². The molecular formula is C47H74O18. The Kier molecular flexibility index (Phi) is 14.0. The highest BCUT2D eigenvalue weighted by Gasteiger charge is 2.68.